The summed E-state index contributed by atoms with van der Waals surface area (Å²) in [6.07, 6.45) is 5.70. The van der Waals surface area contributed by atoms with E-state index >= 15 is 0 Å². The smallest absolute Gasteiger partial charge is 0.336 e. The van der Waals surface area contributed by atoms with Crippen LogP contribution < -0.4 is 0 Å². The standard InChI is InChI=1S/C13H24O3/c1-9(2)13(16,12(14)15)10(3)11-7-5-4-6-8-11/h9-11,16H,4-8H2,1-3H3,(H,14,15). The third-order valence-corrected chi connectivity index (χ3v) is 4.27. The van der Waals surface area contributed by atoms with Crippen LogP contribution in [0.3, 0.4) is 0 Å². The average Bonchev–Trinajstić information content (AvgIpc) is 2.27. The lowest BCUT2D eigenvalue weighted by atomic mass is 9.69. The van der Waals surface area contributed by atoms with E-state index in [0.717, 1.165) is 12.8 Å². The quantitative estimate of drug-likeness (QED) is 0.777. The first-order chi connectivity index (χ1) is 7.40. The summed E-state index contributed by atoms with van der Waals surface area (Å²) in [4.78, 5) is 11.3. The van der Waals surface area contributed by atoms with Crippen molar-refractivity contribution in [1.29, 1.82) is 0 Å². The first-order valence-corrected chi connectivity index (χ1v) is 6.36. The molecule has 0 aromatic heterocycles. The van der Waals surface area contributed by atoms with Gasteiger partial charge in [-0.15, -0.1) is 0 Å². The van der Waals surface area contributed by atoms with Gasteiger partial charge in [-0.3, -0.25) is 0 Å². The van der Waals surface area contributed by atoms with E-state index in [1.165, 1.54) is 19.3 Å². The van der Waals surface area contributed by atoms with Crippen molar-refractivity contribution in [3.63, 3.8) is 0 Å². The summed E-state index contributed by atoms with van der Waals surface area (Å²) in [5, 5.41) is 19.6. The minimum absolute atomic E-state index is 0.162. The summed E-state index contributed by atoms with van der Waals surface area (Å²) >= 11 is 0. The van der Waals surface area contributed by atoms with Gasteiger partial charge in [-0.1, -0.05) is 52.9 Å². The highest BCUT2D eigenvalue weighted by atomic mass is 16.4. The normalized spacial score (nSPS) is 24.1. The molecule has 2 atom stereocenters. The van der Waals surface area contributed by atoms with Gasteiger partial charge in [0.25, 0.3) is 0 Å². The van der Waals surface area contributed by atoms with E-state index in [0.29, 0.717) is 5.92 Å². The van der Waals surface area contributed by atoms with Crippen molar-refractivity contribution in [2.45, 2.75) is 58.5 Å². The molecule has 0 bridgehead atoms. The molecular formula is C13H24O3. The van der Waals surface area contributed by atoms with E-state index in [-0.39, 0.29) is 11.8 Å². The van der Waals surface area contributed by atoms with Crippen LogP contribution in [0, 0.1) is 17.8 Å². The zero-order chi connectivity index (χ0) is 12.3. The van der Waals surface area contributed by atoms with E-state index in [2.05, 4.69) is 0 Å². The largest absolute Gasteiger partial charge is 0.479 e. The van der Waals surface area contributed by atoms with Crippen LogP contribution in [-0.2, 0) is 4.79 Å². The predicted molar refractivity (Wildman–Crippen MR) is 63.2 cm³/mol. The van der Waals surface area contributed by atoms with Gasteiger partial charge in [0.05, 0.1) is 0 Å². The Morgan fingerprint density at radius 3 is 2.06 bits per heavy atom. The highest BCUT2D eigenvalue weighted by Crippen LogP contribution is 2.39. The fourth-order valence-electron chi connectivity index (χ4n) is 2.96. The molecule has 1 rings (SSSR count). The van der Waals surface area contributed by atoms with E-state index in [4.69, 9.17) is 0 Å². The van der Waals surface area contributed by atoms with Gasteiger partial charge in [-0.25, -0.2) is 4.79 Å². The second-order valence-electron chi connectivity index (χ2n) is 5.47. The monoisotopic (exact) mass is 228 g/mol. The van der Waals surface area contributed by atoms with Crippen molar-refractivity contribution in [3.05, 3.63) is 0 Å². The highest BCUT2D eigenvalue weighted by molar-refractivity contribution is 5.77. The zero-order valence-electron chi connectivity index (χ0n) is 10.6. The van der Waals surface area contributed by atoms with Gasteiger partial charge >= 0.3 is 5.97 Å². The second-order valence-corrected chi connectivity index (χ2v) is 5.47. The molecule has 94 valence electrons. The number of hydrogen-bond acceptors (Lipinski definition) is 2. The number of aliphatic carboxylic acids is 1. The molecule has 3 heteroatoms. The van der Waals surface area contributed by atoms with Gasteiger partial charge in [-0.05, 0) is 17.8 Å². The summed E-state index contributed by atoms with van der Waals surface area (Å²) < 4.78 is 0. The van der Waals surface area contributed by atoms with Crippen molar-refractivity contribution in [2.75, 3.05) is 0 Å². The molecule has 1 saturated carbocycles. The SMILES string of the molecule is CC(C)C(O)(C(=O)O)C(C)C1CCCCC1. The Bertz CT molecular complexity index is 244. The van der Waals surface area contributed by atoms with E-state index in [1.54, 1.807) is 13.8 Å². The molecule has 0 heterocycles. The van der Waals surface area contributed by atoms with Crippen LogP contribution in [-0.4, -0.2) is 21.8 Å². The molecule has 0 aromatic carbocycles. The number of hydrogen-bond donors (Lipinski definition) is 2. The summed E-state index contributed by atoms with van der Waals surface area (Å²) in [6.45, 7) is 5.46. The Labute approximate surface area is 97.9 Å². The Kier molecular flexibility index (Phi) is 4.36. The van der Waals surface area contributed by atoms with Gasteiger partial charge in [0.2, 0.25) is 0 Å². The molecule has 0 radical (unpaired) electrons. The molecule has 1 aliphatic rings. The first-order valence-electron chi connectivity index (χ1n) is 6.36. The molecule has 0 amide bonds. The number of carboxylic acids is 1. The van der Waals surface area contributed by atoms with Gasteiger partial charge in [0.1, 0.15) is 0 Å². The molecule has 2 unspecified atom stereocenters. The maximum atomic E-state index is 11.3. The predicted octanol–water partition coefficient (Wildman–Crippen LogP) is 2.67. The van der Waals surface area contributed by atoms with E-state index in [1.807, 2.05) is 6.92 Å². The number of carboxylic acid groups (broad SMARTS) is 1. The lowest BCUT2D eigenvalue weighted by Crippen LogP contribution is -2.52. The molecular weight excluding hydrogens is 204 g/mol. The van der Waals surface area contributed by atoms with Crippen molar-refractivity contribution in [3.8, 4) is 0 Å². The van der Waals surface area contributed by atoms with Crippen LogP contribution >= 0.6 is 0 Å². The number of aliphatic hydroxyl groups is 1. The Balaban J connectivity index is 2.81. The maximum absolute atomic E-state index is 11.3. The van der Waals surface area contributed by atoms with E-state index < -0.39 is 11.6 Å². The van der Waals surface area contributed by atoms with Crippen molar-refractivity contribution < 1.29 is 15.0 Å². The fourth-order valence-corrected chi connectivity index (χ4v) is 2.96. The molecule has 1 aliphatic carbocycles. The Hall–Kier alpha value is -0.570. The van der Waals surface area contributed by atoms with Crippen molar-refractivity contribution in [1.82, 2.24) is 0 Å². The van der Waals surface area contributed by atoms with E-state index in [9.17, 15) is 15.0 Å². The van der Waals surface area contributed by atoms with Crippen LogP contribution in [0.4, 0.5) is 0 Å². The van der Waals surface area contributed by atoms with Crippen LogP contribution in [0.25, 0.3) is 0 Å². The molecule has 1 fully saturated rings. The molecule has 0 aliphatic heterocycles. The summed E-state index contributed by atoms with van der Waals surface area (Å²) in [5.74, 6) is -1.12. The minimum Gasteiger partial charge on any atom is -0.479 e. The molecule has 0 spiro atoms. The molecule has 2 N–H and O–H groups in total. The van der Waals surface area contributed by atoms with Crippen molar-refractivity contribution in [2.24, 2.45) is 17.8 Å². The average molecular weight is 228 g/mol. The van der Waals surface area contributed by atoms with Crippen LogP contribution in [0.5, 0.6) is 0 Å². The molecule has 3 nitrogen and oxygen atoms in total. The molecule has 16 heavy (non-hydrogen) atoms. The lowest BCUT2D eigenvalue weighted by molar-refractivity contribution is -0.174. The van der Waals surface area contributed by atoms with Crippen LogP contribution in [0.15, 0.2) is 0 Å². The van der Waals surface area contributed by atoms with Crippen LogP contribution in [0.1, 0.15) is 52.9 Å². The molecule has 0 saturated heterocycles. The Morgan fingerprint density at radius 2 is 1.69 bits per heavy atom. The minimum atomic E-state index is -1.57. The third-order valence-electron chi connectivity index (χ3n) is 4.27. The summed E-state index contributed by atoms with van der Waals surface area (Å²) in [7, 11) is 0. The van der Waals surface area contributed by atoms with Crippen LogP contribution in [0.2, 0.25) is 0 Å². The number of carbonyl (C=O) groups is 1. The second kappa shape index (κ2) is 5.17. The van der Waals surface area contributed by atoms with Gasteiger partial charge < -0.3 is 10.2 Å². The first kappa shape index (κ1) is 13.5. The Morgan fingerprint density at radius 1 is 1.19 bits per heavy atom. The topological polar surface area (TPSA) is 57.5 Å². The molecule has 0 aromatic rings. The summed E-state index contributed by atoms with van der Waals surface area (Å²) in [5.41, 5.74) is -1.57. The highest BCUT2D eigenvalue weighted by Gasteiger charge is 2.47. The third kappa shape index (κ3) is 2.40. The zero-order valence-corrected chi connectivity index (χ0v) is 10.6. The van der Waals surface area contributed by atoms with Gasteiger partial charge in [0, 0.05) is 0 Å². The maximum Gasteiger partial charge on any atom is 0.336 e. The van der Waals surface area contributed by atoms with Crippen molar-refractivity contribution >= 4 is 5.97 Å². The number of rotatable bonds is 4. The summed E-state index contributed by atoms with van der Waals surface area (Å²) in [6, 6.07) is 0. The lowest BCUT2D eigenvalue weighted by Gasteiger charge is -2.39. The van der Waals surface area contributed by atoms with Gasteiger partial charge in [0.15, 0.2) is 5.60 Å². The van der Waals surface area contributed by atoms with Gasteiger partial charge in [-0.2, -0.15) is 0 Å². The fraction of sp³-hybridized carbons (Fsp3) is 0.923.